The Morgan fingerprint density at radius 3 is 3.00 bits per heavy atom. The van der Waals surface area contributed by atoms with Crippen molar-refractivity contribution >= 4 is 11.5 Å². The fraction of sp³-hybridized carbons (Fsp3) is 0.714. The van der Waals surface area contributed by atoms with Gasteiger partial charge in [-0.15, -0.1) is 0 Å². The molecule has 2 fully saturated rings. The molecule has 3 N–H and O–H groups in total. The lowest BCUT2D eigenvalue weighted by atomic mass is 10.1. The number of hydrogen-bond donors (Lipinski definition) is 2. The third-order valence-corrected chi connectivity index (χ3v) is 4.12. The predicted octanol–water partition coefficient (Wildman–Crippen LogP) is 1.49. The van der Waals surface area contributed by atoms with Gasteiger partial charge >= 0.3 is 0 Å². The maximum Gasteiger partial charge on any atom is 0.242 e. The van der Waals surface area contributed by atoms with Gasteiger partial charge in [-0.05, 0) is 39.7 Å². The summed E-state index contributed by atoms with van der Waals surface area (Å²) in [6.07, 6.45) is 5.27. The van der Waals surface area contributed by atoms with Crippen LogP contribution in [0.3, 0.4) is 0 Å². The summed E-state index contributed by atoms with van der Waals surface area (Å²) in [7, 11) is 0. The quantitative estimate of drug-likeness (QED) is 0.868. The lowest BCUT2D eigenvalue weighted by molar-refractivity contribution is 0.234. The molecule has 20 heavy (non-hydrogen) atoms. The molecule has 0 saturated carbocycles. The molecule has 3 heterocycles. The molecule has 2 atom stereocenters. The van der Waals surface area contributed by atoms with Crippen molar-refractivity contribution in [2.75, 3.05) is 24.1 Å². The van der Waals surface area contributed by atoms with Crippen molar-refractivity contribution in [2.24, 2.45) is 0 Å². The summed E-state index contributed by atoms with van der Waals surface area (Å²) in [6, 6.07) is 1.06. The Labute approximate surface area is 119 Å². The molecule has 0 spiro atoms. The van der Waals surface area contributed by atoms with Crippen molar-refractivity contribution in [2.45, 2.75) is 51.3 Å². The van der Waals surface area contributed by atoms with E-state index in [1.54, 1.807) is 0 Å². The van der Waals surface area contributed by atoms with E-state index >= 15 is 0 Å². The molecule has 0 radical (unpaired) electrons. The van der Waals surface area contributed by atoms with Gasteiger partial charge in [0.1, 0.15) is 12.0 Å². The Balaban J connectivity index is 1.74. The third-order valence-electron chi connectivity index (χ3n) is 4.12. The third kappa shape index (κ3) is 2.52. The van der Waals surface area contributed by atoms with Crippen LogP contribution >= 0.6 is 0 Å². The first-order valence-electron chi connectivity index (χ1n) is 7.43. The van der Waals surface area contributed by atoms with Crippen LogP contribution in [0.15, 0.2) is 6.33 Å². The van der Waals surface area contributed by atoms with Gasteiger partial charge in [0.25, 0.3) is 0 Å². The summed E-state index contributed by atoms with van der Waals surface area (Å²) in [5.74, 6) is 1.17. The van der Waals surface area contributed by atoms with Crippen LogP contribution in [-0.2, 0) is 0 Å². The molecule has 1 aromatic rings. The van der Waals surface area contributed by atoms with Gasteiger partial charge in [-0.1, -0.05) is 0 Å². The first-order chi connectivity index (χ1) is 9.65. The first kappa shape index (κ1) is 13.4. The maximum absolute atomic E-state index is 6.12. The topological polar surface area (TPSA) is 76.3 Å². The van der Waals surface area contributed by atoms with E-state index in [9.17, 15) is 0 Å². The minimum absolute atomic E-state index is 0.0526. The number of nitrogen functional groups attached to an aromatic ring is 1. The molecule has 0 aliphatic carbocycles. The average Bonchev–Trinajstić information content (AvgIpc) is 2.98. The summed E-state index contributed by atoms with van der Waals surface area (Å²) in [5, 5.41) is 3.50. The van der Waals surface area contributed by atoms with Crippen LogP contribution in [0.1, 0.15) is 33.1 Å². The standard InChI is InChI=1S/C14H23N5O/c1-9(2)20-14-12(15)13(16-8-17-14)18-10-5-7-19-6-3-4-11(10)19/h8-11H,3-7,15H2,1-2H3,(H,16,17,18). The Bertz CT molecular complexity index is 479. The number of nitrogens with zero attached hydrogens (tertiary/aromatic N) is 3. The van der Waals surface area contributed by atoms with E-state index in [0.717, 1.165) is 6.42 Å². The van der Waals surface area contributed by atoms with Crippen molar-refractivity contribution in [3.63, 3.8) is 0 Å². The zero-order valence-electron chi connectivity index (χ0n) is 12.2. The van der Waals surface area contributed by atoms with Gasteiger partial charge in [0.05, 0.1) is 6.10 Å². The molecule has 2 unspecified atom stereocenters. The van der Waals surface area contributed by atoms with Crippen LogP contribution in [0.5, 0.6) is 5.88 Å². The number of hydrogen-bond acceptors (Lipinski definition) is 6. The second-order valence-corrected chi connectivity index (χ2v) is 5.89. The number of nitrogens with two attached hydrogens (primary N) is 1. The first-order valence-corrected chi connectivity index (χ1v) is 7.43. The maximum atomic E-state index is 6.12. The molecule has 0 amide bonds. The summed E-state index contributed by atoms with van der Waals surface area (Å²) in [5.41, 5.74) is 6.63. The summed E-state index contributed by atoms with van der Waals surface area (Å²) in [4.78, 5) is 10.9. The van der Waals surface area contributed by atoms with Gasteiger partial charge in [0, 0.05) is 18.6 Å². The van der Waals surface area contributed by atoms with E-state index in [1.807, 2.05) is 13.8 Å². The Kier molecular flexibility index (Phi) is 3.65. The molecule has 3 rings (SSSR count). The minimum atomic E-state index is 0.0526. The number of anilines is 2. The van der Waals surface area contributed by atoms with E-state index in [-0.39, 0.29) is 6.10 Å². The van der Waals surface area contributed by atoms with Crippen molar-refractivity contribution in [3.05, 3.63) is 6.33 Å². The fourth-order valence-corrected chi connectivity index (χ4v) is 3.24. The van der Waals surface area contributed by atoms with Gasteiger partial charge in [-0.25, -0.2) is 4.98 Å². The monoisotopic (exact) mass is 277 g/mol. The number of ether oxygens (including phenoxy) is 1. The summed E-state index contributed by atoms with van der Waals surface area (Å²) >= 11 is 0. The molecule has 110 valence electrons. The number of fused-ring (bicyclic) bond motifs is 1. The largest absolute Gasteiger partial charge is 0.473 e. The van der Waals surface area contributed by atoms with E-state index in [1.165, 1.54) is 32.3 Å². The minimum Gasteiger partial charge on any atom is -0.473 e. The Morgan fingerprint density at radius 1 is 1.35 bits per heavy atom. The molecule has 2 saturated heterocycles. The second-order valence-electron chi connectivity index (χ2n) is 5.89. The van der Waals surface area contributed by atoms with E-state index < -0.39 is 0 Å². The molecular weight excluding hydrogens is 254 g/mol. The zero-order chi connectivity index (χ0) is 14.1. The SMILES string of the molecule is CC(C)Oc1ncnc(NC2CCN3CCCC23)c1N. The van der Waals surface area contributed by atoms with Crippen molar-refractivity contribution in [3.8, 4) is 5.88 Å². The number of rotatable bonds is 4. The molecule has 1 aromatic heterocycles. The summed E-state index contributed by atoms with van der Waals surface area (Å²) in [6.45, 7) is 6.32. The highest BCUT2D eigenvalue weighted by molar-refractivity contribution is 5.66. The molecule has 0 aromatic carbocycles. The van der Waals surface area contributed by atoms with Gasteiger partial charge in [0.2, 0.25) is 5.88 Å². The molecule has 0 bridgehead atoms. The fourth-order valence-electron chi connectivity index (χ4n) is 3.24. The number of aromatic nitrogens is 2. The van der Waals surface area contributed by atoms with Crippen LogP contribution in [0.25, 0.3) is 0 Å². The highest BCUT2D eigenvalue weighted by Crippen LogP contribution is 2.32. The predicted molar refractivity (Wildman–Crippen MR) is 78.8 cm³/mol. The van der Waals surface area contributed by atoms with Gasteiger partial charge in [-0.2, -0.15) is 4.98 Å². The smallest absolute Gasteiger partial charge is 0.242 e. The van der Waals surface area contributed by atoms with E-state index in [4.69, 9.17) is 10.5 Å². The normalized spacial score (nSPS) is 25.9. The Morgan fingerprint density at radius 2 is 2.20 bits per heavy atom. The molecule has 2 aliphatic rings. The van der Waals surface area contributed by atoms with Crippen LogP contribution in [-0.4, -0.2) is 46.1 Å². The van der Waals surface area contributed by atoms with Crippen LogP contribution in [0.4, 0.5) is 11.5 Å². The zero-order valence-corrected chi connectivity index (χ0v) is 12.2. The lowest BCUT2D eigenvalue weighted by Gasteiger charge is -2.22. The molecule has 6 nitrogen and oxygen atoms in total. The van der Waals surface area contributed by atoms with Crippen molar-refractivity contribution in [1.82, 2.24) is 14.9 Å². The molecule has 6 heteroatoms. The molecular formula is C14H23N5O. The second kappa shape index (κ2) is 5.44. The summed E-state index contributed by atoms with van der Waals surface area (Å²) < 4.78 is 5.61. The van der Waals surface area contributed by atoms with Crippen LogP contribution in [0, 0.1) is 0 Å². The van der Waals surface area contributed by atoms with Gasteiger partial charge < -0.3 is 15.8 Å². The van der Waals surface area contributed by atoms with E-state index in [0.29, 0.717) is 29.5 Å². The van der Waals surface area contributed by atoms with Crippen LogP contribution < -0.4 is 15.8 Å². The van der Waals surface area contributed by atoms with Crippen molar-refractivity contribution in [1.29, 1.82) is 0 Å². The molecule has 2 aliphatic heterocycles. The number of nitrogens with one attached hydrogen (secondary N) is 1. The van der Waals surface area contributed by atoms with Gasteiger partial charge in [-0.3, -0.25) is 4.90 Å². The highest BCUT2D eigenvalue weighted by Gasteiger charge is 2.37. The van der Waals surface area contributed by atoms with Crippen molar-refractivity contribution < 1.29 is 4.74 Å². The Hall–Kier alpha value is -1.56. The average molecular weight is 277 g/mol. The van der Waals surface area contributed by atoms with Crippen LogP contribution in [0.2, 0.25) is 0 Å². The van der Waals surface area contributed by atoms with E-state index in [2.05, 4.69) is 20.2 Å². The lowest BCUT2D eigenvalue weighted by Crippen LogP contribution is -2.34. The van der Waals surface area contributed by atoms with Gasteiger partial charge in [0.15, 0.2) is 5.82 Å². The highest BCUT2D eigenvalue weighted by atomic mass is 16.5.